The fourth-order valence-electron chi connectivity index (χ4n) is 1.87. The van der Waals surface area contributed by atoms with Gasteiger partial charge in [0.25, 0.3) is 0 Å². The molecule has 1 unspecified atom stereocenters. The first-order valence-electron chi connectivity index (χ1n) is 8.52. The third-order valence-corrected chi connectivity index (χ3v) is 5.13. The fraction of sp³-hybridized carbons (Fsp3) is 0.611. The smallest absolute Gasteiger partial charge is 0.191 e. The van der Waals surface area contributed by atoms with Crippen molar-refractivity contribution in [3.05, 3.63) is 30.3 Å². The van der Waals surface area contributed by atoms with E-state index in [2.05, 4.69) is 15.6 Å². The highest BCUT2D eigenvalue weighted by Crippen LogP contribution is 2.10. The summed E-state index contributed by atoms with van der Waals surface area (Å²) in [6.45, 7) is 10.8. The van der Waals surface area contributed by atoms with Gasteiger partial charge in [0.15, 0.2) is 5.96 Å². The highest BCUT2D eigenvalue weighted by molar-refractivity contribution is 7.86. The molecular formula is C18H31N3O2S. The molecule has 5 nitrogen and oxygen atoms in total. The molecule has 0 aromatic heterocycles. The summed E-state index contributed by atoms with van der Waals surface area (Å²) in [6, 6.07) is 9.79. The molecule has 6 heteroatoms. The first-order valence-corrected chi connectivity index (χ1v) is 9.84. The Morgan fingerprint density at radius 3 is 2.54 bits per heavy atom. The number of guanidine groups is 1. The zero-order chi connectivity index (χ0) is 17.8. The fourth-order valence-corrected chi connectivity index (χ4v) is 2.77. The lowest BCUT2D eigenvalue weighted by Gasteiger charge is -2.18. The predicted molar refractivity (Wildman–Crippen MR) is 103 cm³/mol. The molecule has 2 N–H and O–H groups in total. The summed E-state index contributed by atoms with van der Waals surface area (Å²) in [4.78, 5) is 4.52. The summed E-state index contributed by atoms with van der Waals surface area (Å²) in [5, 5.41) is 6.44. The number of nitrogens with zero attached hydrogens (tertiary/aromatic N) is 1. The van der Waals surface area contributed by atoms with Gasteiger partial charge < -0.3 is 15.4 Å². The molecule has 0 aliphatic heterocycles. The Morgan fingerprint density at radius 2 is 1.92 bits per heavy atom. The number of para-hydroxylation sites is 1. The van der Waals surface area contributed by atoms with Gasteiger partial charge in [0.1, 0.15) is 5.75 Å². The molecule has 1 rings (SSSR count). The molecule has 1 atom stereocenters. The molecular weight excluding hydrogens is 322 g/mol. The molecule has 0 aliphatic rings. The number of ether oxygens (including phenoxy) is 1. The van der Waals surface area contributed by atoms with Crippen molar-refractivity contribution >= 4 is 16.8 Å². The van der Waals surface area contributed by atoms with E-state index in [9.17, 15) is 4.21 Å². The third kappa shape index (κ3) is 8.91. The predicted octanol–water partition coefficient (Wildman–Crippen LogP) is 2.56. The lowest BCUT2D eigenvalue weighted by Crippen LogP contribution is -2.40. The van der Waals surface area contributed by atoms with Crippen LogP contribution in [0.15, 0.2) is 35.3 Å². The number of rotatable bonds is 9. The molecule has 1 aromatic carbocycles. The Hall–Kier alpha value is -1.56. The highest BCUT2D eigenvalue weighted by atomic mass is 32.2. The number of nitrogens with one attached hydrogen (secondary N) is 2. The molecule has 0 amide bonds. The van der Waals surface area contributed by atoms with Crippen molar-refractivity contribution in [1.29, 1.82) is 0 Å². The lowest BCUT2D eigenvalue weighted by molar-refractivity contribution is 0.313. The Morgan fingerprint density at radius 1 is 1.21 bits per heavy atom. The van der Waals surface area contributed by atoms with E-state index in [0.717, 1.165) is 24.7 Å². The highest BCUT2D eigenvalue weighted by Gasteiger charge is 2.18. The molecule has 0 radical (unpaired) electrons. The van der Waals surface area contributed by atoms with Gasteiger partial charge in [-0.1, -0.05) is 18.2 Å². The summed E-state index contributed by atoms with van der Waals surface area (Å²) in [7, 11) is -0.853. The Kier molecular flexibility index (Phi) is 9.45. The summed E-state index contributed by atoms with van der Waals surface area (Å²) in [5.74, 6) is 2.27. The normalized spacial score (nSPS) is 13.4. The second kappa shape index (κ2) is 11.1. The molecule has 0 saturated carbocycles. The van der Waals surface area contributed by atoms with Crippen LogP contribution < -0.4 is 15.4 Å². The molecule has 0 saturated heterocycles. The van der Waals surface area contributed by atoms with Crippen LogP contribution in [0.2, 0.25) is 0 Å². The van der Waals surface area contributed by atoms with E-state index in [0.29, 0.717) is 25.4 Å². The van der Waals surface area contributed by atoms with Gasteiger partial charge in [0.2, 0.25) is 0 Å². The second-order valence-electron chi connectivity index (χ2n) is 6.36. The van der Waals surface area contributed by atoms with Gasteiger partial charge >= 0.3 is 0 Å². The maximum absolute atomic E-state index is 12.0. The van der Waals surface area contributed by atoms with E-state index in [-0.39, 0.29) is 4.75 Å². The van der Waals surface area contributed by atoms with E-state index in [1.54, 1.807) is 0 Å². The van der Waals surface area contributed by atoms with Crippen molar-refractivity contribution in [2.75, 3.05) is 32.0 Å². The van der Waals surface area contributed by atoms with Crippen molar-refractivity contribution in [3.8, 4) is 5.75 Å². The molecule has 0 aliphatic carbocycles. The van der Waals surface area contributed by atoms with Crippen molar-refractivity contribution in [1.82, 2.24) is 10.6 Å². The summed E-state index contributed by atoms with van der Waals surface area (Å²) < 4.78 is 17.5. The minimum Gasteiger partial charge on any atom is -0.494 e. The Labute approximate surface area is 148 Å². The average Bonchev–Trinajstić information content (AvgIpc) is 2.54. The Bertz CT molecular complexity index is 513. The molecule has 0 bridgehead atoms. The summed E-state index contributed by atoms with van der Waals surface area (Å²) >= 11 is 0. The van der Waals surface area contributed by atoms with Crippen LogP contribution >= 0.6 is 0 Å². The van der Waals surface area contributed by atoms with Crippen LogP contribution in [0, 0.1) is 0 Å². The lowest BCUT2D eigenvalue weighted by atomic mass is 10.3. The van der Waals surface area contributed by atoms with Crippen molar-refractivity contribution in [2.24, 2.45) is 4.99 Å². The standard InChI is InChI=1S/C18H31N3O2S/c1-5-19-17(21-13-15-24(22)18(2,3)4)20-12-9-14-23-16-10-7-6-8-11-16/h6-8,10-11H,5,9,12-15H2,1-4H3,(H2,19,20,21). The first-order chi connectivity index (χ1) is 11.4. The maximum atomic E-state index is 12.0. The van der Waals surface area contributed by atoms with E-state index >= 15 is 0 Å². The minimum atomic E-state index is -0.853. The number of benzene rings is 1. The molecule has 0 heterocycles. The topological polar surface area (TPSA) is 62.7 Å². The van der Waals surface area contributed by atoms with Crippen LogP contribution in [0.1, 0.15) is 34.1 Å². The number of hydrogen-bond donors (Lipinski definition) is 2. The molecule has 0 fully saturated rings. The molecule has 136 valence electrons. The first kappa shape index (κ1) is 20.5. The van der Waals surface area contributed by atoms with Crippen LogP contribution in [0.5, 0.6) is 5.75 Å². The van der Waals surface area contributed by atoms with Gasteiger partial charge in [-0.05, 0) is 39.8 Å². The van der Waals surface area contributed by atoms with Crippen LogP contribution in [0.25, 0.3) is 0 Å². The van der Waals surface area contributed by atoms with Gasteiger partial charge in [-0.25, -0.2) is 0 Å². The molecule has 1 aromatic rings. The summed E-state index contributed by atoms with van der Waals surface area (Å²) in [5.41, 5.74) is 0. The van der Waals surface area contributed by atoms with E-state index < -0.39 is 10.8 Å². The van der Waals surface area contributed by atoms with Crippen molar-refractivity contribution < 1.29 is 8.95 Å². The van der Waals surface area contributed by atoms with Crippen LogP contribution in [0.4, 0.5) is 0 Å². The van der Waals surface area contributed by atoms with Gasteiger partial charge in [0, 0.05) is 47.4 Å². The maximum Gasteiger partial charge on any atom is 0.191 e. The van der Waals surface area contributed by atoms with Crippen LogP contribution in [0.3, 0.4) is 0 Å². The van der Waals surface area contributed by atoms with Crippen molar-refractivity contribution in [2.45, 2.75) is 38.9 Å². The zero-order valence-corrected chi connectivity index (χ0v) is 16.1. The van der Waals surface area contributed by atoms with Gasteiger partial charge in [-0.3, -0.25) is 9.20 Å². The van der Waals surface area contributed by atoms with Gasteiger partial charge in [-0.15, -0.1) is 0 Å². The van der Waals surface area contributed by atoms with E-state index in [1.165, 1.54) is 0 Å². The second-order valence-corrected chi connectivity index (χ2v) is 8.69. The van der Waals surface area contributed by atoms with Gasteiger partial charge in [0.05, 0.1) is 6.61 Å². The molecule has 0 spiro atoms. The zero-order valence-electron chi connectivity index (χ0n) is 15.3. The van der Waals surface area contributed by atoms with Crippen molar-refractivity contribution in [3.63, 3.8) is 0 Å². The minimum absolute atomic E-state index is 0.175. The largest absolute Gasteiger partial charge is 0.494 e. The van der Waals surface area contributed by atoms with Gasteiger partial charge in [-0.2, -0.15) is 0 Å². The number of aliphatic imine (C=N–C) groups is 1. The average molecular weight is 354 g/mol. The monoisotopic (exact) mass is 353 g/mol. The third-order valence-electron chi connectivity index (χ3n) is 3.19. The number of hydrogen-bond acceptors (Lipinski definition) is 3. The molecule has 24 heavy (non-hydrogen) atoms. The van der Waals surface area contributed by atoms with E-state index in [1.807, 2.05) is 58.0 Å². The van der Waals surface area contributed by atoms with E-state index in [4.69, 9.17) is 4.74 Å². The SMILES string of the molecule is CCNC(=NCCCOc1ccccc1)NCCS(=O)C(C)(C)C. The van der Waals surface area contributed by atoms with Crippen LogP contribution in [-0.4, -0.2) is 46.9 Å². The quantitative estimate of drug-likeness (QED) is 0.407. The summed E-state index contributed by atoms with van der Waals surface area (Å²) in [6.07, 6.45) is 0.847. The Balaban J connectivity index is 2.28. The van der Waals surface area contributed by atoms with Crippen LogP contribution in [-0.2, 0) is 10.8 Å².